The number of carbonyl (C=O) groups is 1. The van der Waals surface area contributed by atoms with E-state index in [9.17, 15) is 30.1 Å². The SMILES string of the molecule is COc1cc(/C=N\NC(=O)c2cccc([N+](=O)[O-])c2O)ccc1OCc1ccc([N+](=O)[O-])cc1. The number of aromatic hydroxyl groups is 1. The van der Waals surface area contributed by atoms with Crippen LogP contribution in [0.3, 0.4) is 0 Å². The normalized spacial score (nSPS) is 10.6. The lowest BCUT2D eigenvalue weighted by Gasteiger charge is -2.11. The molecule has 3 rings (SSSR count). The van der Waals surface area contributed by atoms with Crippen molar-refractivity contribution in [3.05, 3.63) is 97.6 Å². The van der Waals surface area contributed by atoms with Gasteiger partial charge in [0.15, 0.2) is 11.5 Å². The van der Waals surface area contributed by atoms with Gasteiger partial charge in [-0.05, 0) is 47.5 Å². The molecule has 3 aromatic rings. The molecule has 0 aliphatic carbocycles. The molecule has 0 atom stereocenters. The number of carbonyl (C=O) groups excluding carboxylic acids is 1. The van der Waals surface area contributed by atoms with E-state index in [0.717, 1.165) is 11.6 Å². The summed E-state index contributed by atoms with van der Waals surface area (Å²) in [6.45, 7) is 0.157. The highest BCUT2D eigenvalue weighted by molar-refractivity contribution is 5.98. The van der Waals surface area contributed by atoms with Crippen molar-refractivity contribution in [2.75, 3.05) is 7.11 Å². The minimum atomic E-state index is -0.826. The van der Waals surface area contributed by atoms with Crippen molar-refractivity contribution in [1.29, 1.82) is 0 Å². The number of nitro groups is 2. The fourth-order valence-corrected chi connectivity index (χ4v) is 2.85. The highest BCUT2D eigenvalue weighted by Crippen LogP contribution is 2.30. The summed E-state index contributed by atoms with van der Waals surface area (Å²) in [5.41, 5.74) is 2.56. The molecule has 1 amide bonds. The number of hydrazone groups is 1. The number of nitrogens with one attached hydrogen (secondary N) is 1. The van der Waals surface area contributed by atoms with Gasteiger partial charge in [-0.15, -0.1) is 0 Å². The van der Waals surface area contributed by atoms with E-state index in [1.54, 1.807) is 30.3 Å². The van der Waals surface area contributed by atoms with Gasteiger partial charge in [0, 0.05) is 18.2 Å². The van der Waals surface area contributed by atoms with Gasteiger partial charge in [-0.2, -0.15) is 5.10 Å². The van der Waals surface area contributed by atoms with E-state index < -0.39 is 27.2 Å². The highest BCUT2D eigenvalue weighted by atomic mass is 16.6. The Morgan fingerprint density at radius 3 is 2.44 bits per heavy atom. The van der Waals surface area contributed by atoms with Gasteiger partial charge in [-0.1, -0.05) is 6.07 Å². The maximum Gasteiger partial charge on any atom is 0.311 e. The standard InChI is InChI=1S/C22H18N4O8/c1-33-20-11-15(7-10-19(20)34-13-14-5-8-16(9-6-14)25(29)30)12-23-24-22(28)17-3-2-4-18(21(17)27)26(31)32/h2-12,27H,13H2,1H3,(H,24,28)/b23-12-. The summed E-state index contributed by atoms with van der Waals surface area (Å²) in [7, 11) is 1.45. The number of nitro benzene ring substituents is 2. The van der Waals surface area contributed by atoms with E-state index >= 15 is 0 Å². The molecule has 174 valence electrons. The lowest BCUT2D eigenvalue weighted by molar-refractivity contribution is -0.385. The molecule has 0 heterocycles. The molecule has 0 saturated heterocycles. The Hall–Kier alpha value is -5.00. The van der Waals surface area contributed by atoms with Gasteiger partial charge in [-0.25, -0.2) is 5.43 Å². The van der Waals surface area contributed by atoms with Gasteiger partial charge in [0.2, 0.25) is 5.75 Å². The molecule has 0 fully saturated rings. The summed E-state index contributed by atoms with van der Waals surface area (Å²) in [5, 5.41) is 35.3. The van der Waals surface area contributed by atoms with Gasteiger partial charge in [0.1, 0.15) is 6.61 Å². The van der Waals surface area contributed by atoms with Gasteiger partial charge in [0.05, 0.1) is 28.7 Å². The second-order valence-corrected chi connectivity index (χ2v) is 6.75. The van der Waals surface area contributed by atoms with Gasteiger partial charge in [0.25, 0.3) is 11.6 Å². The van der Waals surface area contributed by atoms with Gasteiger partial charge >= 0.3 is 5.69 Å². The first kappa shape index (κ1) is 23.7. The van der Waals surface area contributed by atoms with Crippen LogP contribution in [0.25, 0.3) is 0 Å². The summed E-state index contributed by atoms with van der Waals surface area (Å²) in [6.07, 6.45) is 1.31. The molecule has 0 spiro atoms. The third-order valence-electron chi connectivity index (χ3n) is 4.56. The lowest BCUT2D eigenvalue weighted by atomic mass is 10.1. The summed E-state index contributed by atoms with van der Waals surface area (Å²) in [6, 6.07) is 14.4. The molecule has 0 aliphatic rings. The van der Waals surface area contributed by atoms with Crippen LogP contribution < -0.4 is 14.9 Å². The zero-order valence-corrected chi connectivity index (χ0v) is 17.7. The molecular weight excluding hydrogens is 448 g/mol. The largest absolute Gasteiger partial charge is 0.502 e. The number of methoxy groups -OCH3 is 1. The molecule has 0 bridgehead atoms. The summed E-state index contributed by atoms with van der Waals surface area (Å²) < 4.78 is 11.0. The van der Waals surface area contributed by atoms with E-state index in [1.165, 1.54) is 37.6 Å². The number of hydrogen-bond donors (Lipinski definition) is 2. The smallest absolute Gasteiger partial charge is 0.311 e. The molecule has 0 unspecified atom stereocenters. The quantitative estimate of drug-likeness (QED) is 0.274. The molecule has 3 aromatic carbocycles. The Balaban J connectivity index is 1.65. The number of benzene rings is 3. The van der Waals surface area contributed by atoms with E-state index in [0.29, 0.717) is 17.1 Å². The lowest BCUT2D eigenvalue weighted by Crippen LogP contribution is -2.18. The Morgan fingerprint density at radius 2 is 1.79 bits per heavy atom. The summed E-state index contributed by atoms with van der Waals surface area (Å²) >= 11 is 0. The second kappa shape index (κ2) is 10.5. The van der Waals surface area contributed by atoms with Crippen molar-refractivity contribution in [2.45, 2.75) is 6.61 Å². The zero-order chi connectivity index (χ0) is 24.7. The summed E-state index contributed by atoms with van der Waals surface area (Å²) in [5.74, 6) is -0.777. The maximum absolute atomic E-state index is 12.2. The number of phenolic OH excluding ortho intramolecular Hbond substituents is 1. The third-order valence-corrected chi connectivity index (χ3v) is 4.56. The summed E-state index contributed by atoms with van der Waals surface area (Å²) in [4.78, 5) is 32.5. The topological polar surface area (TPSA) is 166 Å². The Labute approximate surface area is 192 Å². The molecule has 34 heavy (non-hydrogen) atoms. The number of nitrogens with zero attached hydrogens (tertiary/aromatic N) is 3. The number of non-ortho nitro benzene ring substituents is 1. The molecule has 0 radical (unpaired) electrons. The highest BCUT2D eigenvalue weighted by Gasteiger charge is 2.20. The predicted octanol–water partition coefficient (Wildman–Crippen LogP) is 3.56. The van der Waals surface area contributed by atoms with Crippen molar-refractivity contribution >= 4 is 23.5 Å². The van der Waals surface area contributed by atoms with Crippen molar-refractivity contribution in [3.63, 3.8) is 0 Å². The first-order valence-corrected chi connectivity index (χ1v) is 9.64. The average molecular weight is 466 g/mol. The van der Waals surface area contributed by atoms with Crippen LogP contribution in [0, 0.1) is 20.2 Å². The van der Waals surface area contributed by atoms with Crippen molar-refractivity contribution in [2.24, 2.45) is 5.10 Å². The molecular formula is C22H18N4O8. The fraction of sp³-hybridized carbons (Fsp3) is 0.0909. The molecule has 0 aromatic heterocycles. The molecule has 12 heteroatoms. The first-order valence-electron chi connectivity index (χ1n) is 9.64. The Kier molecular flexibility index (Phi) is 7.34. The van der Waals surface area contributed by atoms with Gasteiger partial charge < -0.3 is 14.6 Å². The molecule has 0 aliphatic heterocycles. The van der Waals surface area contributed by atoms with Crippen LogP contribution in [0.4, 0.5) is 11.4 Å². The van der Waals surface area contributed by atoms with Crippen LogP contribution in [0.5, 0.6) is 17.2 Å². The van der Waals surface area contributed by atoms with Crippen molar-refractivity contribution in [3.8, 4) is 17.2 Å². The number of hydrogen-bond acceptors (Lipinski definition) is 9. The van der Waals surface area contributed by atoms with Gasteiger partial charge in [-0.3, -0.25) is 25.0 Å². The van der Waals surface area contributed by atoms with Crippen LogP contribution in [-0.4, -0.2) is 34.2 Å². The average Bonchev–Trinajstić information content (AvgIpc) is 2.83. The van der Waals surface area contributed by atoms with Crippen LogP contribution in [0.15, 0.2) is 65.8 Å². The fourth-order valence-electron chi connectivity index (χ4n) is 2.85. The number of amides is 1. The van der Waals surface area contributed by atoms with Crippen LogP contribution >= 0.6 is 0 Å². The Morgan fingerprint density at radius 1 is 1.06 bits per heavy atom. The van der Waals surface area contributed by atoms with E-state index in [4.69, 9.17) is 9.47 Å². The van der Waals surface area contributed by atoms with Crippen LogP contribution in [-0.2, 0) is 6.61 Å². The van der Waals surface area contributed by atoms with E-state index in [2.05, 4.69) is 10.5 Å². The number of phenols is 1. The molecule has 0 saturated carbocycles. The maximum atomic E-state index is 12.2. The van der Waals surface area contributed by atoms with Crippen LogP contribution in [0.1, 0.15) is 21.5 Å². The number of ether oxygens (including phenoxy) is 2. The third kappa shape index (κ3) is 5.62. The van der Waals surface area contributed by atoms with E-state index in [1.807, 2.05) is 0 Å². The van der Waals surface area contributed by atoms with Crippen LogP contribution in [0.2, 0.25) is 0 Å². The second-order valence-electron chi connectivity index (χ2n) is 6.75. The first-order chi connectivity index (χ1) is 16.3. The van der Waals surface area contributed by atoms with Crippen molar-refractivity contribution in [1.82, 2.24) is 5.43 Å². The Bertz CT molecular complexity index is 1260. The molecule has 2 N–H and O–H groups in total. The molecule has 12 nitrogen and oxygen atoms in total. The predicted molar refractivity (Wildman–Crippen MR) is 120 cm³/mol. The minimum absolute atomic E-state index is 0.0160. The van der Waals surface area contributed by atoms with Crippen molar-refractivity contribution < 1.29 is 29.2 Å². The number of para-hydroxylation sites is 1. The zero-order valence-electron chi connectivity index (χ0n) is 17.7. The minimum Gasteiger partial charge on any atom is -0.502 e. The van der Waals surface area contributed by atoms with E-state index in [-0.39, 0.29) is 17.9 Å². The number of rotatable bonds is 9. The monoisotopic (exact) mass is 466 g/mol.